The second-order valence-electron chi connectivity index (χ2n) is 5.59. The highest BCUT2D eigenvalue weighted by atomic mass is 16.4. The smallest absolute Gasteiger partial charge is 0.322 e. The van der Waals surface area contributed by atoms with E-state index < -0.39 is 12.0 Å². The zero-order valence-electron chi connectivity index (χ0n) is 11.6. The summed E-state index contributed by atoms with van der Waals surface area (Å²) in [7, 11) is 0. The molecule has 0 saturated heterocycles. The zero-order valence-corrected chi connectivity index (χ0v) is 11.6. The minimum absolute atomic E-state index is 0.0831. The molecule has 0 spiro atoms. The molecule has 0 amide bonds. The van der Waals surface area contributed by atoms with Gasteiger partial charge in [0.15, 0.2) is 0 Å². The maximum atomic E-state index is 11.3. The van der Waals surface area contributed by atoms with Crippen LogP contribution in [-0.4, -0.2) is 22.7 Å². The van der Waals surface area contributed by atoms with Crippen LogP contribution in [0.3, 0.4) is 0 Å². The van der Waals surface area contributed by atoms with Crippen LogP contribution in [0.15, 0.2) is 24.3 Å². The summed E-state index contributed by atoms with van der Waals surface area (Å²) >= 11 is 0. The lowest BCUT2D eigenvalue weighted by molar-refractivity contribution is -0.139. The van der Waals surface area contributed by atoms with Gasteiger partial charge >= 0.3 is 5.97 Å². The monoisotopic (exact) mass is 262 g/mol. The van der Waals surface area contributed by atoms with E-state index in [1.807, 2.05) is 12.1 Å². The van der Waals surface area contributed by atoms with E-state index in [1.165, 1.54) is 5.56 Å². The summed E-state index contributed by atoms with van der Waals surface area (Å²) in [5.74, 6) is -0.823. The van der Waals surface area contributed by atoms with Gasteiger partial charge < -0.3 is 5.11 Å². The molecule has 1 saturated carbocycles. The van der Waals surface area contributed by atoms with Gasteiger partial charge in [-0.3, -0.25) is 10.2 Å². The Labute approximate surface area is 114 Å². The highest BCUT2D eigenvalue weighted by Crippen LogP contribution is 2.33. The van der Waals surface area contributed by atoms with Crippen LogP contribution in [0.2, 0.25) is 0 Å². The normalized spacial score (nSPS) is 18.0. The molecule has 104 valence electrons. The lowest BCUT2D eigenvalue weighted by Crippen LogP contribution is -2.51. The number of carbonyl (C=O) groups is 1. The van der Waals surface area contributed by atoms with Gasteiger partial charge in [-0.25, -0.2) is 5.43 Å². The van der Waals surface area contributed by atoms with Crippen molar-refractivity contribution >= 4 is 5.97 Å². The molecular weight excluding hydrogens is 240 g/mol. The predicted octanol–water partition coefficient (Wildman–Crippen LogP) is 1.89. The molecule has 3 N–H and O–H groups in total. The van der Waals surface area contributed by atoms with Gasteiger partial charge in [-0.2, -0.15) is 0 Å². The average molecular weight is 262 g/mol. The number of hydrazine groups is 1. The van der Waals surface area contributed by atoms with E-state index in [2.05, 4.69) is 36.8 Å². The number of hydrogen-bond donors (Lipinski definition) is 3. The van der Waals surface area contributed by atoms with Gasteiger partial charge in [-0.05, 0) is 43.7 Å². The van der Waals surface area contributed by atoms with Gasteiger partial charge in [0.05, 0.1) is 0 Å². The summed E-state index contributed by atoms with van der Waals surface area (Å²) < 4.78 is 0. The van der Waals surface area contributed by atoms with E-state index in [0.29, 0.717) is 6.42 Å². The lowest BCUT2D eigenvalue weighted by atomic mass is 10.0. The molecule has 1 aliphatic rings. The molecule has 0 heterocycles. The Hall–Kier alpha value is -1.39. The first-order valence-electron chi connectivity index (χ1n) is 6.86. The van der Waals surface area contributed by atoms with Crippen molar-refractivity contribution in [3.05, 3.63) is 35.4 Å². The van der Waals surface area contributed by atoms with E-state index in [1.54, 1.807) is 0 Å². The van der Waals surface area contributed by atoms with Crippen molar-refractivity contribution in [2.24, 2.45) is 0 Å². The van der Waals surface area contributed by atoms with Gasteiger partial charge in [0.1, 0.15) is 6.04 Å². The van der Waals surface area contributed by atoms with Crippen molar-refractivity contribution in [3.8, 4) is 0 Å². The first-order valence-corrected chi connectivity index (χ1v) is 6.86. The third kappa shape index (κ3) is 4.04. The number of aryl methyl sites for hydroxylation is 1. The Bertz CT molecular complexity index is 438. The number of carboxylic acids is 1. The number of rotatable bonds is 7. The minimum Gasteiger partial charge on any atom is -0.480 e. The van der Waals surface area contributed by atoms with E-state index in [0.717, 1.165) is 24.8 Å². The maximum Gasteiger partial charge on any atom is 0.322 e. The molecular formula is C15H22N2O2. The summed E-state index contributed by atoms with van der Waals surface area (Å²) in [6.07, 6.45) is 3.68. The fourth-order valence-electron chi connectivity index (χ4n) is 1.92. The summed E-state index contributed by atoms with van der Waals surface area (Å²) in [6, 6.07) is 7.54. The molecule has 1 aromatic carbocycles. The molecule has 1 aliphatic carbocycles. The SMILES string of the molecule is CCc1ccc(CC(NNC2(C)CC2)C(=O)O)cc1. The highest BCUT2D eigenvalue weighted by molar-refractivity contribution is 5.73. The van der Waals surface area contributed by atoms with Crippen LogP contribution in [0.5, 0.6) is 0 Å². The van der Waals surface area contributed by atoms with Gasteiger partial charge in [0.2, 0.25) is 0 Å². The quantitative estimate of drug-likeness (QED) is 0.657. The molecule has 0 aliphatic heterocycles. The van der Waals surface area contributed by atoms with Crippen LogP contribution in [0, 0.1) is 0 Å². The fraction of sp³-hybridized carbons (Fsp3) is 0.533. The van der Waals surface area contributed by atoms with E-state index in [9.17, 15) is 9.90 Å². The lowest BCUT2D eigenvalue weighted by Gasteiger charge is -2.19. The van der Waals surface area contributed by atoms with E-state index in [4.69, 9.17) is 0 Å². The van der Waals surface area contributed by atoms with Crippen molar-refractivity contribution in [3.63, 3.8) is 0 Å². The first kappa shape index (κ1) is 14.0. The van der Waals surface area contributed by atoms with Gasteiger partial charge in [0.25, 0.3) is 0 Å². The number of carboxylic acid groups (broad SMARTS) is 1. The minimum atomic E-state index is -0.823. The van der Waals surface area contributed by atoms with Crippen LogP contribution >= 0.6 is 0 Å². The molecule has 0 radical (unpaired) electrons. The van der Waals surface area contributed by atoms with E-state index in [-0.39, 0.29) is 5.54 Å². The van der Waals surface area contributed by atoms with Crippen molar-refractivity contribution in [1.29, 1.82) is 0 Å². The highest BCUT2D eigenvalue weighted by Gasteiger charge is 2.37. The van der Waals surface area contributed by atoms with Crippen molar-refractivity contribution in [2.45, 2.75) is 51.1 Å². The molecule has 4 heteroatoms. The third-order valence-electron chi connectivity index (χ3n) is 3.72. The van der Waals surface area contributed by atoms with Gasteiger partial charge in [0, 0.05) is 5.54 Å². The predicted molar refractivity (Wildman–Crippen MR) is 74.9 cm³/mol. The molecule has 2 rings (SSSR count). The largest absolute Gasteiger partial charge is 0.480 e. The Morgan fingerprint density at radius 3 is 2.37 bits per heavy atom. The second-order valence-corrected chi connectivity index (χ2v) is 5.59. The van der Waals surface area contributed by atoms with Crippen molar-refractivity contribution in [2.75, 3.05) is 0 Å². The van der Waals surface area contributed by atoms with Crippen LogP contribution in [0.25, 0.3) is 0 Å². The van der Waals surface area contributed by atoms with Gasteiger partial charge in [-0.15, -0.1) is 0 Å². The topological polar surface area (TPSA) is 61.4 Å². The number of benzene rings is 1. The fourth-order valence-corrected chi connectivity index (χ4v) is 1.92. The molecule has 4 nitrogen and oxygen atoms in total. The molecule has 1 aromatic rings. The Kier molecular flexibility index (Phi) is 4.22. The van der Waals surface area contributed by atoms with Crippen molar-refractivity contribution < 1.29 is 9.90 Å². The standard InChI is InChI=1S/C15H22N2O2/c1-3-11-4-6-12(7-5-11)10-13(14(18)19)16-17-15(2)8-9-15/h4-7,13,16-17H,3,8-10H2,1-2H3,(H,18,19). The zero-order chi connectivity index (χ0) is 13.9. The Morgan fingerprint density at radius 2 is 1.89 bits per heavy atom. The molecule has 1 unspecified atom stereocenters. The molecule has 0 aromatic heterocycles. The Morgan fingerprint density at radius 1 is 1.32 bits per heavy atom. The number of aliphatic carboxylic acids is 1. The van der Waals surface area contributed by atoms with Gasteiger partial charge in [-0.1, -0.05) is 31.2 Å². The number of hydrogen-bond acceptors (Lipinski definition) is 3. The third-order valence-corrected chi connectivity index (χ3v) is 3.72. The summed E-state index contributed by atoms with van der Waals surface area (Å²) in [5.41, 5.74) is 8.47. The number of nitrogens with one attached hydrogen (secondary N) is 2. The van der Waals surface area contributed by atoms with Crippen LogP contribution in [-0.2, 0) is 17.6 Å². The molecule has 1 atom stereocenters. The summed E-state index contributed by atoms with van der Waals surface area (Å²) in [6.45, 7) is 4.20. The Balaban J connectivity index is 1.92. The molecule has 0 bridgehead atoms. The maximum absolute atomic E-state index is 11.3. The van der Waals surface area contributed by atoms with Crippen molar-refractivity contribution in [1.82, 2.24) is 10.9 Å². The average Bonchev–Trinajstić information content (AvgIpc) is 3.13. The van der Waals surface area contributed by atoms with Crippen LogP contribution in [0.1, 0.15) is 37.8 Å². The first-order chi connectivity index (χ1) is 9.02. The molecule has 19 heavy (non-hydrogen) atoms. The second kappa shape index (κ2) is 5.72. The van der Waals surface area contributed by atoms with E-state index >= 15 is 0 Å². The molecule has 1 fully saturated rings. The van der Waals surface area contributed by atoms with Crippen LogP contribution in [0.4, 0.5) is 0 Å². The van der Waals surface area contributed by atoms with Crippen LogP contribution < -0.4 is 10.9 Å². The summed E-state index contributed by atoms with van der Waals surface area (Å²) in [5, 5.41) is 9.25. The summed E-state index contributed by atoms with van der Waals surface area (Å²) in [4.78, 5) is 11.3.